The molecule has 0 saturated carbocycles. The fourth-order valence-corrected chi connectivity index (χ4v) is 2.86. The summed E-state index contributed by atoms with van der Waals surface area (Å²) < 4.78 is 0. The molecule has 0 aliphatic carbocycles. The van der Waals surface area contributed by atoms with Gasteiger partial charge in [0.1, 0.15) is 6.04 Å². The summed E-state index contributed by atoms with van der Waals surface area (Å²) in [5.41, 5.74) is 1.20. The van der Waals surface area contributed by atoms with Gasteiger partial charge < -0.3 is 20.8 Å². The fraction of sp³-hybridized carbons (Fsp3) is 0.579. The highest BCUT2D eigenvalue weighted by atomic mass is 16.4. The van der Waals surface area contributed by atoms with Crippen LogP contribution in [-0.4, -0.2) is 47.3 Å². The largest absolute Gasteiger partial charge is 0.481 e. The van der Waals surface area contributed by atoms with Crippen LogP contribution < -0.4 is 10.6 Å². The summed E-state index contributed by atoms with van der Waals surface area (Å²) in [7, 11) is 0. The average molecular weight is 350 g/mol. The SMILES string of the molecule is CC(=O)O.O=C(O)[C@H](CCc1ccccc1)NC1CCCCCNC1. The predicted molar refractivity (Wildman–Crippen MR) is 97.8 cm³/mol. The number of hydrogen-bond acceptors (Lipinski definition) is 4. The normalized spacial score (nSPS) is 18.8. The molecule has 1 aliphatic rings. The van der Waals surface area contributed by atoms with Crippen LogP contribution in [0.5, 0.6) is 0 Å². The molecule has 1 aromatic carbocycles. The molecule has 6 nitrogen and oxygen atoms in total. The highest BCUT2D eigenvalue weighted by Gasteiger charge is 2.21. The van der Waals surface area contributed by atoms with Gasteiger partial charge in [-0.3, -0.25) is 9.59 Å². The van der Waals surface area contributed by atoms with E-state index < -0.39 is 18.0 Å². The fourth-order valence-electron chi connectivity index (χ4n) is 2.86. The van der Waals surface area contributed by atoms with E-state index in [4.69, 9.17) is 9.90 Å². The minimum absolute atomic E-state index is 0.266. The van der Waals surface area contributed by atoms with Gasteiger partial charge in [0.25, 0.3) is 5.97 Å². The Labute approximate surface area is 149 Å². The second-order valence-electron chi connectivity index (χ2n) is 6.35. The first-order chi connectivity index (χ1) is 12.0. The van der Waals surface area contributed by atoms with Gasteiger partial charge in [-0.05, 0) is 37.8 Å². The molecule has 6 heteroatoms. The van der Waals surface area contributed by atoms with E-state index in [1.165, 1.54) is 24.8 Å². The summed E-state index contributed by atoms with van der Waals surface area (Å²) >= 11 is 0. The highest BCUT2D eigenvalue weighted by molar-refractivity contribution is 5.73. The molecule has 1 saturated heterocycles. The summed E-state index contributed by atoms with van der Waals surface area (Å²) in [4.78, 5) is 20.5. The first kappa shape index (κ1) is 21.1. The van der Waals surface area contributed by atoms with E-state index >= 15 is 0 Å². The summed E-state index contributed by atoms with van der Waals surface area (Å²) in [6.45, 7) is 3.00. The first-order valence-corrected chi connectivity index (χ1v) is 8.92. The van der Waals surface area contributed by atoms with Crippen molar-refractivity contribution in [2.75, 3.05) is 13.1 Å². The van der Waals surface area contributed by atoms with Crippen molar-refractivity contribution in [3.8, 4) is 0 Å². The second kappa shape index (κ2) is 12.4. The van der Waals surface area contributed by atoms with Crippen LogP contribution in [0.25, 0.3) is 0 Å². The van der Waals surface area contributed by atoms with E-state index in [2.05, 4.69) is 22.8 Å². The zero-order chi connectivity index (χ0) is 18.5. The minimum atomic E-state index is -0.833. The second-order valence-corrected chi connectivity index (χ2v) is 6.35. The van der Waals surface area contributed by atoms with Crippen LogP contribution in [0, 0.1) is 0 Å². The number of carbonyl (C=O) groups is 2. The quantitative estimate of drug-likeness (QED) is 0.628. The molecule has 2 rings (SSSR count). The summed E-state index contributed by atoms with van der Waals surface area (Å²) in [6.07, 6.45) is 6.13. The number of nitrogens with one attached hydrogen (secondary N) is 2. The number of carboxylic acids is 2. The molecule has 1 unspecified atom stereocenters. The lowest BCUT2D eigenvalue weighted by atomic mass is 10.0. The Hall–Kier alpha value is -1.92. The first-order valence-electron chi connectivity index (χ1n) is 8.92. The number of aryl methyl sites for hydroxylation is 1. The Bertz CT molecular complexity index is 495. The van der Waals surface area contributed by atoms with Crippen molar-refractivity contribution in [1.29, 1.82) is 0 Å². The monoisotopic (exact) mass is 350 g/mol. The molecule has 2 atom stereocenters. The van der Waals surface area contributed by atoms with Crippen LogP contribution in [0.4, 0.5) is 0 Å². The third-order valence-electron chi connectivity index (χ3n) is 4.10. The molecule has 0 spiro atoms. The molecule has 0 radical (unpaired) electrons. The molecule has 1 aromatic rings. The van der Waals surface area contributed by atoms with Gasteiger partial charge in [-0.1, -0.05) is 43.2 Å². The smallest absolute Gasteiger partial charge is 0.320 e. The van der Waals surface area contributed by atoms with E-state index in [1.54, 1.807) is 0 Å². The van der Waals surface area contributed by atoms with Crippen molar-refractivity contribution in [2.24, 2.45) is 0 Å². The number of rotatable bonds is 6. The van der Waals surface area contributed by atoms with Gasteiger partial charge in [-0.2, -0.15) is 0 Å². The minimum Gasteiger partial charge on any atom is -0.481 e. The molecule has 140 valence electrons. The van der Waals surface area contributed by atoms with Gasteiger partial charge >= 0.3 is 5.97 Å². The molecule has 25 heavy (non-hydrogen) atoms. The van der Waals surface area contributed by atoms with Crippen LogP contribution in [0.15, 0.2) is 30.3 Å². The Morgan fingerprint density at radius 1 is 1.20 bits per heavy atom. The molecular weight excluding hydrogens is 320 g/mol. The van der Waals surface area contributed by atoms with Crippen molar-refractivity contribution >= 4 is 11.9 Å². The van der Waals surface area contributed by atoms with Crippen molar-refractivity contribution in [1.82, 2.24) is 10.6 Å². The summed E-state index contributed by atoms with van der Waals surface area (Å²) in [5, 5.41) is 23.6. The van der Waals surface area contributed by atoms with E-state index in [-0.39, 0.29) is 6.04 Å². The van der Waals surface area contributed by atoms with Gasteiger partial charge in [0.05, 0.1) is 0 Å². The Kier molecular flexibility index (Phi) is 10.5. The Morgan fingerprint density at radius 3 is 2.52 bits per heavy atom. The molecule has 1 heterocycles. The van der Waals surface area contributed by atoms with Gasteiger partial charge in [-0.15, -0.1) is 0 Å². The maximum absolute atomic E-state index is 11.5. The van der Waals surface area contributed by atoms with Gasteiger partial charge in [0.15, 0.2) is 0 Å². The Balaban J connectivity index is 0.000000705. The maximum Gasteiger partial charge on any atom is 0.320 e. The van der Waals surface area contributed by atoms with Crippen molar-refractivity contribution in [3.05, 3.63) is 35.9 Å². The molecule has 0 amide bonds. The van der Waals surface area contributed by atoms with Crippen molar-refractivity contribution < 1.29 is 19.8 Å². The van der Waals surface area contributed by atoms with Gasteiger partial charge in [0, 0.05) is 19.5 Å². The van der Waals surface area contributed by atoms with Gasteiger partial charge in [0.2, 0.25) is 0 Å². The number of benzene rings is 1. The van der Waals surface area contributed by atoms with Crippen LogP contribution >= 0.6 is 0 Å². The average Bonchev–Trinajstić information content (AvgIpc) is 2.53. The van der Waals surface area contributed by atoms with Gasteiger partial charge in [-0.25, -0.2) is 0 Å². The van der Waals surface area contributed by atoms with Crippen LogP contribution in [-0.2, 0) is 16.0 Å². The highest BCUT2D eigenvalue weighted by Crippen LogP contribution is 2.10. The number of carboxylic acid groups (broad SMARTS) is 2. The van der Waals surface area contributed by atoms with E-state index in [9.17, 15) is 9.90 Å². The number of hydrogen-bond donors (Lipinski definition) is 4. The lowest BCUT2D eigenvalue weighted by Gasteiger charge is -2.25. The van der Waals surface area contributed by atoms with Crippen LogP contribution in [0.3, 0.4) is 0 Å². The third kappa shape index (κ3) is 10.5. The summed E-state index contributed by atoms with van der Waals surface area (Å²) in [5.74, 6) is -1.58. The molecular formula is C19H30N2O4. The van der Waals surface area contributed by atoms with Crippen molar-refractivity contribution in [3.63, 3.8) is 0 Å². The molecule has 4 N–H and O–H groups in total. The molecule has 1 fully saturated rings. The van der Waals surface area contributed by atoms with E-state index in [0.29, 0.717) is 6.42 Å². The molecule has 0 bridgehead atoms. The van der Waals surface area contributed by atoms with Crippen LogP contribution in [0.2, 0.25) is 0 Å². The number of aliphatic carboxylic acids is 2. The predicted octanol–water partition coefficient (Wildman–Crippen LogP) is 2.29. The third-order valence-corrected chi connectivity index (χ3v) is 4.10. The lowest BCUT2D eigenvalue weighted by Crippen LogP contribution is -2.48. The standard InChI is InChI=1S/C17H26N2O2.C2H4O2/c20-17(21)16(11-10-14-7-3-1-4-8-14)19-15-9-5-2-6-12-18-13-15;1-2(3)4/h1,3-4,7-8,15-16,18-19H,2,5-6,9-13H2,(H,20,21);1H3,(H,3,4)/t15?,16-;/m0./s1. The molecule has 1 aliphatic heterocycles. The Morgan fingerprint density at radius 2 is 1.88 bits per heavy atom. The van der Waals surface area contributed by atoms with E-state index in [0.717, 1.165) is 32.9 Å². The van der Waals surface area contributed by atoms with Crippen LogP contribution in [0.1, 0.15) is 44.6 Å². The van der Waals surface area contributed by atoms with E-state index in [1.807, 2.05) is 18.2 Å². The summed E-state index contributed by atoms with van der Waals surface area (Å²) in [6, 6.07) is 9.89. The maximum atomic E-state index is 11.5. The lowest BCUT2D eigenvalue weighted by molar-refractivity contribution is -0.140. The topological polar surface area (TPSA) is 98.7 Å². The molecule has 0 aromatic heterocycles. The zero-order valence-corrected chi connectivity index (χ0v) is 14.9. The van der Waals surface area contributed by atoms with Crippen molar-refractivity contribution in [2.45, 2.75) is 57.5 Å². The zero-order valence-electron chi connectivity index (χ0n) is 14.9.